The second-order valence-corrected chi connectivity index (χ2v) is 5.31. The summed E-state index contributed by atoms with van der Waals surface area (Å²) in [5.41, 5.74) is 5.06. The highest BCUT2D eigenvalue weighted by atomic mass is 32.2. The Balaban J connectivity index is 2.00. The number of primary amides is 1. The average Bonchev–Trinajstić information content (AvgIpc) is 2.65. The largest absolute Gasteiger partial charge is 0.370 e. The van der Waals surface area contributed by atoms with Crippen LogP contribution >= 0.6 is 11.8 Å². The molecule has 1 atom stereocenters. The van der Waals surface area contributed by atoms with Gasteiger partial charge in [0.25, 0.3) is 0 Å². The van der Waals surface area contributed by atoms with E-state index in [0.717, 1.165) is 31.1 Å². The monoisotopic (exact) mass is 243 g/mol. The van der Waals surface area contributed by atoms with E-state index in [1.807, 2.05) is 11.8 Å². The first kappa shape index (κ1) is 13.4. The van der Waals surface area contributed by atoms with Crippen molar-refractivity contribution < 1.29 is 4.79 Å². The highest BCUT2D eigenvalue weighted by Crippen LogP contribution is 2.23. The highest BCUT2D eigenvalue weighted by molar-refractivity contribution is 8.14. The standard InChI is InChI=1S/C11H21N3OS/c1-2-5-9-8-14-11(16-9)13-7-4-3-6-10(12)15/h9H,2-8H2,1H3,(H2,12,15)(H,13,14). The summed E-state index contributed by atoms with van der Waals surface area (Å²) < 4.78 is 0. The van der Waals surface area contributed by atoms with Crippen molar-refractivity contribution in [2.45, 2.75) is 44.3 Å². The summed E-state index contributed by atoms with van der Waals surface area (Å²) >= 11 is 1.85. The molecule has 0 aromatic rings. The summed E-state index contributed by atoms with van der Waals surface area (Å²) in [5.74, 6) is -0.212. The Morgan fingerprint density at radius 2 is 2.44 bits per heavy atom. The first-order valence-electron chi connectivity index (χ1n) is 5.95. The van der Waals surface area contributed by atoms with Crippen LogP contribution in [0, 0.1) is 0 Å². The van der Waals surface area contributed by atoms with Crippen molar-refractivity contribution in [1.82, 2.24) is 5.32 Å². The first-order chi connectivity index (χ1) is 7.72. The van der Waals surface area contributed by atoms with Crippen molar-refractivity contribution in [3.8, 4) is 0 Å². The third kappa shape index (κ3) is 5.39. The molecule has 1 rings (SSSR count). The van der Waals surface area contributed by atoms with Gasteiger partial charge in [-0.25, -0.2) is 0 Å². The van der Waals surface area contributed by atoms with E-state index in [9.17, 15) is 4.79 Å². The van der Waals surface area contributed by atoms with E-state index in [1.165, 1.54) is 12.8 Å². The van der Waals surface area contributed by atoms with E-state index in [4.69, 9.17) is 5.73 Å². The number of nitrogens with one attached hydrogen (secondary N) is 1. The second-order valence-electron chi connectivity index (χ2n) is 4.02. The zero-order valence-corrected chi connectivity index (χ0v) is 10.7. The van der Waals surface area contributed by atoms with E-state index in [0.29, 0.717) is 11.7 Å². The molecule has 0 aliphatic carbocycles. The zero-order valence-electron chi connectivity index (χ0n) is 9.87. The van der Waals surface area contributed by atoms with Gasteiger partial charge in [-0.15, -0.1) is 0 Å². The van der Waals surface area contributed by atoms with E-state index < -0.39 is 0 Å². The maximum absolute atomic E-state index is 10.5. The Morgan fingerprint density at radius 1 is 1.62 bits per heavy atom. The van der Waals surface area contributed by atoms with Crippen molar-refractivity contribution in [1.29, 1.82) is 0 Å². The summed E-state index contributed by atoms with van der Waals surface area (Å²) in [6, 6.07) is 0. The lowest BCUT2D eigenvalue weighted by atomic mass is 10.2. The normalized spacial score (nSPS) is 19.6. The molecule has 16 heavy (non-hydrogen) atoms. The molecule has 0 fully saturated rings. The van der Waals surface area contributed by atoms with Crippen LogP contribution < -0.4 is 11.1 Å². The van der Waals surface area contributed by atoms with E-state index >= 15 is 0 Å². The molecule has 1 aliphatic rings. The molecule has 0 saturated carbocycles. The number of carbonyl (C=O) groups excluding carboxylic acids is 1. The van der Waals surface area contributed by atoms with E-state index in [1.54, 1.807) is 0 Å². The first-order valence-corrected chi connectivity index (χ1v) is 6.83. The molecule has 5 heteroatoms. The Labute approximate surface area is 101 Å². The van der Waals surface area contributed by atoms with Gasteiger partial charge in [-0.3, -0.25) is 9.79 Å². The van der Waals surface area contributed by atoms with Crippen LogP contribution in [0.1, 0.15) is 39.0 Å². The number of aliphatic imine (C=N–C) groups is 1. The Morgan fingerprint density at radius 3 is 3.12 bits per heavy atom. The molecule has 0 aromatic carbocycles. The van der Waals surface area contributed by atoms with Crippen LogP contribution in [0.15, 0.2) is 4.99 Å². The Kier molecular flexibility index (Phi) is 6.30. The summed E-state index contributed by atoms with van der Waals surface area (Å²) in [4.78, 5) is 15.0. The molecular weight excluding hydrogens is 222 g/mol. The van der Waals surface area contributed by atoms with Gasteiger partial charge in [0.15, 0.2) is 5.17 Å². The van der Waals surface area contributed by atoms with Crippen LogP contribution in [-0.4, -0.2) is 29.4 Å². The minimum atomic E-state index is -0.212. The molecule has 1 heterocycles. The number of amidine groups is 1. The number of thioether (sulfide) groups is 1. The molecule has 0 radical (unpaired) electrons. The van der Waals surface area contributed by atoms with Crippen molar-refractivity contribution in [2.75, 3.05) is 13.1 Å². The van der Waals surface area contributed by atoms with Gasteiger partial charge in [0.05, 0.1) is 6.54 Å². The molecule has 0 spiro atoms. The van der Waals surface area contributed by atoms with Gasteiger partial charge in [-0.05, 0) is 19.3 Å². The predicted octanol–water partition coefficient (Wildman–Crippen LogP) is 1.50. The van der Waals surface area contributed by atoms with Gasteiger partial charge in [-0.2, -0.15) is 0 Å². The number of nitrogens with zero attached hydrogens (tertiary/aromatic N) is 1. The molecule has 1 amide bonds. The quantitative estimate of drug-likeness (QED) is 0.666. The van der Waals surface area contributed by atoms with Crippen LogP contribution in [-0.2, 0) is 4.79 Å². The van der Waals surface area contributed by atoms with Crippen molar-refractivity contribution in [2.24, 2.45) is 10.7 Å². The summed E-state index contributed by atoms with van der Waals surface area (Å²) in [6.07, 6.45) is 4.78. The van der Waals surface area contributed by atoms with E-state index in [-0.39, 0.29) is 5.91 Å². The molecule has 1 aliphatic heterocycles. The molecule has 1 unspecified atom stereocenters. The average molecular weight is 243 g/mol. The molecule has 3 N–H and O–H groups in total. The van der Waals surface area contributed by atoms with Gasteiger partial charge in [0, 0.05) is 18.2 Å². The van der Waals surface area contributed by atoms with Gasteiger partial charge >= 0.3 is 0 Å². The number of unbranched alkanes of at least 4 members (excludes halogenated alkanes) is 1. The van der Waals surface area contributed by atoms with Crippen LogP contribution in [0.4, 0.5) is 0 Å². The molecule has 0 saturated heterocycles. The van der Waals surface area contributed by atoms with Gasteiger partial charge < -0.3 is 11.1 Å². The Bertz CT molecular complexity index is 256. The molecule has 4 nitrogen and oxygen atoms in total. The number of hydrogen-bond donors (Lipinski definition) is 2. The SMILES string of the molecule is CCCC1CN=C(NCCCCC(N)=O)S1. The van der Waals surface area contributed by atoms with Crippen LogP contribution in [0.3, 0.4) is 0 Å². The van der Waals surface area contributed by atoms with Crippen molar-refractivity contribution >= 4 is 22.8 Å². The smallest absolute Gasteiger partial charge is 0.217 e. The van der Waals surface area contributed by atoms with Crippen LogP contribution in [0.5, 0.6) is 0 Å². The topological polar surface area (TPSA) is 67.5 Å². The van der Waals surface area contributed by atoms with Crippen LogP contribution in [0.25, 0.3) is 0 Å². The van der Waals surface area contributed by atoms with Crippen LogP contribution in [0.2, 0.25) is 0 Å². The minimum absolute atomic E-state index is 0.212. The fourth-order valence-corrected chi connectivity index (χ4v) is 2.76. The van der Waals surface area contributed by atoms with Gasteiger partial charge in [0.1, 0.15) is 0 Å². The van der Waals surface area contributed by atoms with Crippen molar-refractivity contribution in [3.05, 3.63) is 0 Å². The van der Waals surface area contributed by atoms with Crippen molar-refractivity contribution in [3.63, 3.8) is 0 Å². The highest BCUT2D eigenvalue weighted by Gasteiger charge is 2.17. The summed E-state index contributed by atoms with van der Waals surface area (Å²) in [6.45, 7) is 4.04. The maximum Gasteiger partial charge on any atom is 0.217 e. The van der Waals surface area contributed by atoms with E-state index in [2.05, 4.69) is 17.2 Å². The number of nitrogens with two attached hydrogens (primary N) is 1. The zero-order chi connectivity index (χ0) is 11.8. The number of amides is 1. The third-order valence-corrected chi connectivity index (χ3v) is 3.67. The second kappa shape index (κ2) is 7.54. The molecule has 92 valence electrons. The summed E-state index contributed by atoms with van der Waals surface area (Å²) in [5, 5.41) is 5.04. The lowest BCUT2D eigenvalue weighted by Gasteiger charge is -2.07. The van der Waals surface area contributed by atoms with Gasteiger partial charge in [-0.1, -0.05) is 25.1 Å². The lowest BCUT2D eigenvalue weighted by molar-refractivity contribution is -0.118. The maximum atomic E-state index is 10.5. The Hall–Kier alpha value is -0.710. The molecular formula is C11H21N3OS. The van der Waals surface area contributed by atoms with Gasteiger partial charge in [0.2, 0.25) is 5.91 Å². The fourth-order valence-electron chi connectivity index (χ4n) is 1.61. The summed E-state index contributed by atoms with van der Waals surface area (Å²) in [7, 11) is 0. The third-order valence-electron chi connectivity index (χ3n) is 2.45. The molecule has 0 aromatic heterocycles. The lowest BCUT2D eigenvalue weighted by Crippen LogP contribution is -2.21. The fraction of sp³-hybridized carbons (Fsp3) is 0.818. The minimum Gasteiger partial charge on any atom is -0.370 e. The molecule has 0 bridgehead atoms. The number of carbonyl (C=O) groups is 1. The predicted molar refractivity (Wildman–Crippen MR) is 69.6 cm³/mol. The number of rotatable bonds is 7. The number of hydrogen-bond acceptors (Lipinski definition) is 4.